The van der Waals surface area contributed by atoms with Crippen LogP contribution >= 0.6 is 11.6 Å². The lowest BCUT2D eigenvalue weighted by Gasteiger charge is -2.21. The standard InChI is InChI=1S/C30H27Cl/c1-21-17-22(2)30(23(3)18-21)29(26-15-10-16-27(31)19-26)20-28(24-11-6-4-7-12-24)25-13-8-5-9-14-25/h4-20,28H,1-3H3/b29-20+. The van der Waals surface area contributed by atoms with Crippen LogP contribution in [-0.4, -0.2) is 0 Å². The fraction of sp³-hybridized carbons (Fsp3) is 0.133. The molecule has 0 unspecified atom stereocenters. The van der Waals surface area contributed by atoms with Crippen molar-refractivity contribution in [1.29, 1.82) is 0 Å². The van der Waals surface area contributed by atoms with E-state index in [2.05, 4.69) is 112 Å². The van der Waals surface area contributed by atoms with Gasteiger partial charge in [-0.15, -0.1) is 0 Å². The summed E-state index contributed by atoms with van der Waals surface area (Å²) in [6.07, 6.45) is 2.40. The maximum absolute atomic E-state index is 6.42. The van der Waals surface area contributed by atoms with Gasteiger partial charge in [0.05, 0.1) is 0 Å². The van der Waals surface area contributed by atoms with Crippen molar-refractivity contribution in [3.63, 3.8) is 0 Å². The molecule has 0 bridgehead atoms. The molecule has 0 aliphatic heterocycles. The van der Waals surface area contributed by atoms with Gasteiger partial charge in [-0.1, -0.05) is 108 Å². The van der Waals surface area contributed by atoms with Crippen LogP contribution in [0, 0.1) is 20.8 Å². The number of hydrogen-bond donors (Lipinski definition) is 0. The van der Waals surface area contributed by atoms with E-state index in [1.54, 1.807) is 0 Å². The van der Waals surface area contributed by atoms with E-state index in [4.69, 9.17) is 11.6 Å². The molecule has 0 aliphatic carbocycles. The van der Waals surface area contributed by atoms with E-state index >= 15 is 0 Å². The molecule has 0 aliphatic rings. The summed E-state index contributed by atoms with van der Waals surface area (Å²) in [7, 11) is 0. The second kappa shape index (κ2) is 9.37. The first-order chi connectivity index (χ1) is 15.0. The minimum Gasteiger partial charge on any atom is -0.0843 e. The van der Waals surface area contributed by atoms with E-state index in [1.807, 2.05) is 12.1 Å². The van der Waals surface area contributed by atoms with Crippen LogP contribution in [0.25, 0.3) is 5.57 Å². The molecule has 4 rings (SSSR count). The predicted molar refractivity (Wildman–Crippen MR) is 134 cm³/mol. The highest BCUT2D eigenvalue weighted by Crippen LogP contribution is 2.36. The van der Waals surface area contributed by atoms with Crippen molar-refractivity contribution in [2.45, 2.75) is 26.7 Å². The summed E-state index contributed by atoms with van der Waals surface area (Å²) in [5.41, 5.74) is 10.0. The molecule has 0 fully saturated rings. The van der Waals surface area contributed by atoms with Crippen molar-refractivity contribution in [3.8, 4) is 0 Å². The molecule has 0 saturated heterocycles. The molecule has 0 N–H and O–H groups in total. The number of halogens is 1. The number of rotatable bonds is 5. The first kappa shape index (κ1) is 21.2. The molecule has 0 spiro atoms. The van der Waals surface area contributed by atoms with Crippen molar-refractivity contribution >= 4 is 17.2 Å². The summed E-state index contributed by atoms with van der Waals surface area (Å²) >= 11 is 6.42. The van der Waals surface area contributed by atoms with E-state index in [0.29, 0.717) is 0 Å². The smallest absolute Gasteiger partial charge is 0.0412 e. The largest absolute Gasteiger partial charge is 0.0843 e. The summed E-state index contributed by atoms with van der Waals surface area (Å²) in [5, 5.41) is 0.752. The van der Waals surface area contributed by atoms with Gasteiger partial charge in [-0.25, -0.2) is 0 Å². The van der Waals surface area contributed by atoms with Gasteiger partial charge >= 0.3 is 0 Å². The first-order valence-corrected chi connectivity index (χ1v) is 11.1. The molecule has 4 aromatic carbocycles. The normalized spacial score (nSPS) is 11.7. The van der Waals surface area contributed by atoms with Crippen LogP contribution in [0.15, 0.2) is 103 Å². The maximum atomic E-state index is 6.42. The third-order valence-corrected chi connectivity index (χ3v) is 5.97. The van der Waals surface area contributed by atoms with E-state index in [-0.39, 0.29) is 5.92 Å². The molecule has 154 valence electrons. The summed E-state index contributed by atoms with van der Waals surface area (Å²) in [5.74, 6) is 0.136. The van der Waals surface area contributed by atoms with Crippen LogP contribution in [0.2, 0.25) is 5.02 Å². The molecule has 0 saturated carbocycles. The topological polar surface area (TPSA) is 0 Å². The van der Waals surface area contributed by atoms with Gasteiger partial charge < -0.3 is 0 Å². The van der Waals surface area contributed by atoms with Gasteiger partial charge in [0.25, 0.3) is 0 Å². The van der Waals surface area contributed by atoms with E-state index in [1.165, 1.54) is 39.0 Å². The third-order valence-electron chi connectivity index (χ3n) is 5.73. The number of aryl methyl sites for hydroxylation is 3. The Morgan fingerprint density at radius 1 is 0.677 bits per heavy atom. The highest BCUT2D eigenvalue weighted by molar-refractivity contribution is 6.30. The Bertz CT molecular complexity index is 1140. The van der Waals surface area contributed by atoms with E-state index < -0.39 is 0 Å². The van der Waals surface area contributed by atoms with Gasteiger partial charge in [0.1, 0.15) is 0 Å². The number of benzene rings is 4. The molecule has 0 amide bonds. The van der Waals surface area contributed by atoms with Crippen LogP contribution in [-0.2, 0) is 0 Å². The molecule has 0 aromatic heterocycles. The maximum Gasteiger partial charge on any atom is 0.0412 e. The molecule has 0 atom stereocenters. The molecule has 0 nitrogen and oxygen atoms in total. The molecule has 31 heavy (non-hydrogen) atoms. The Balaban J connectivity index is 1.99. The Labute approximate surface area is 190 Å². The summed E-state index contributed by atoms with van der Waals surface area (Å²) in [4.78, 5) is 0. The molecular weight excluding hydrogens is 396 g/mol. The Hall–Kier alpha value is -3.09. The van der Waals surface area contributed by atoms with Crippen molar-refractivity contribution in [3.05, 3.63) is 147 Å². The average Bonchev–Trinajstić information content (AvgIpc) is 2.76. The average molecular weight is 423 g/mol. The monoisotopic (exact) mass is 422 g/mol. The molecule has 4 aromatic rings. The zero-order valence-corrected chi connectivity index (χ0v) is 19.0. The van der Waals surface area contributed by atoms with Crippen molar-refractivity contribution in [2.24, 2.45) is 0 Å². The van der Waals surface area contributed by atoms with E-state index in [9.17, 15) is 0 Å². The third kappa shape index (κ3) is 4.81. The van der Waals surface area contributed by atoms with Crippen LogP contribution in [0.1, 0.15) is 44.9 Å². The molecule has 0 radical (unpaired) electrons. The number of hydrogen-bond acceptors (Lipinski definition) is 0. The van der Waals surface area contributed by atoms with Crippen LogP contribution < -0.4 is 0 Å². The SMILES string of the molecule is Cc1cc(C)c(/C(=C/C(c2ccccc2)c2ccccc2)c2cccc(Cl)c2)c(C)c1. The fourth-order valence-corrected chi connectivity index (χ4v) is 4.65. The van der Waals surface area contributed by atoms with Gasteiger partial charge in [0, 0.05) is 10.9 Å². The van der Waals surface area contributed by atoms with Gasteiger partial charge in [0.15, 0.2) is 0 Å². The van der Waals surface area contributed by atoms with Crippen molar-refractivity contribution in [2.75, 3.05) is 0 Å². The van der Waals surface area contributed by atoms with Gasteiger partial charge in [-0.2, -0.15) is 0 Å². The quantitative estimate of drug-likeness (QED) is 0.302. The van der Waals surface area contributed by atoms with Gasteiger partial charge in [0.2, 0.25) is 0 Å². The Morgan fingerprint density at radius 2 is 1.23 bits per heavy atom. The zero-order valence-electron chi connectivity index (χ0n) is 18.3. The minimum atomic E-state index is 0.136. The zero-order chi connectivity index (χ0) is 21.8. The predicted octanol–water partition coefficient (Wildman–Crippen LogP) is 8.53. The molecule has 1 heteroatoms. The summed E-state index contributed by atoms with van der Waals surface area (Å²) in [6.45, 7) is 6.56. The molecular formula is C30H27Cl. The van der Waals surface area contributed by atoms with Crippen LogP contribution in [0.4, 0.5) is 0 Å². The lowest BCUT2D eigenvalue weighted by molar-refractivity contribution is 1.03. The van der Waals surface area contributed by atoms with Crippen molar-refractivity contribution < 1.29 is 0 Å². The Kier molecular flexibility index (Phi) is 6.39. The van der Waals surface area contributed by atoms with Gasteiger partial charge in [-0.05, 0) is 71.9 Å². The van der Waals surface area contributed by atoms with Crippen LogP contribution in [0.3, 0.4) is 0 Å². The second-order valence-corrected chi connectivity index (χ2v) is 8.60. The Morgan fingerprint density at radius 3 is 1.74 bits per heavy atom. The summed E-state index contributed by atoms with van der Waals surface area (Å²) in [6, 6.07) is 34.1. The first-order valence-electron chi connectivity index (χ1n) is 10.7. The highest BCUT2D eigenvalue weighted by Gasteiger charge is 2.17. The fourth-order valence-electron chi connectivity index (χ4n) is 4.46. The summed E-state index contributed by atoms with van der Waals surface area (Å²) < 4.78 is 0. The number of allylic oxidation sites excluding steroid dienone is 1. The van der Waals surface area contributed by atoms with E-state index in [0.717, 1.165) is 10.6 Å². The van der Waals surface area contributed by atoms with Gasteiger partial charge in [-0.3, -0.25) is 0 Å². The second-order valence-electron chi connectivity index (χ2n) is 8.16. The minimum absolute atomic E-state index is 0.136. The lowest BCUT2D eigenvalue weighted by Crippen LogP contribution is -2.03. The lowest BCUT2D eigenvalue weighted by atomic mass is 9.83. The highest BCUT2D eigenvalue weighted by atomic mass is 35.5. The van der Waals surface area contributed by atoms with Crippen LogP contribution in [0.5, 0.6) is 0 Å². The van der Waals surface area contributed by atoms with Crippen molar-refractivity contribution in [1.82, 2.24) is 0 Å². The molecule has 0 heterocycles.